The highest BCUT2D eigenvalue weighted by Gasteiger charge is 2.25. The van der Waals surface area contributed by atoms with E-state index in [1.54, 1.807) is 0 Å². The standard InChI is InChI=1S/C18H26BNO2/c1-18(2,3)22-17(21)20-11-9-14(10-12-20)7-8-15-5-4-6-16(19)13-15/h4-8,13-14H,9-12,19H2,1-3H3/b8-7+. The van der Waals surface area contributed by atoms with E-state index >= 15 is 0 Å². The average Bonchev–Trinajstić information content (AvgIpc) is 2.44. The van der Waals surface area contributed by atoms with Gasteiger partial charge in [-0.3, -0.25) is 0 Å². The van der Waals surface area contributed by atoms with Crippen molar-refractivity contribution >= 4 is 25.5 Å². The number of nitrogens with zero attached hydrogens (tertiary/aromatic N) is 1. The quantitative estimate of drug-likeness (QED) is 0.786. The Morgan fingerprint density at radius 1 is 1.32 bits per heavy atom. The Kier molecular flexibility index (Phi) is 5.33. The molecule has 4 heteroatoms. The van der Waals surface area contributed by atoms with Crippen molar-refractivity contribution < 1.29 is 9.53 Å². The Hall–Kier alpha value is -1.71. The fraction of sp³-hybridized carbons (Fsp3) is 0.500. The van der Waals surface area contributed by atoms with Crippen molar-refractivity contribution in [3.05, 3.63) is 35.9 Å². The van der Waals surface area contributed by atoms with Crippen LogP contribution in [0.25, 0.3) is 6.08 Å². The summed E-state index contributed by atoms with van der Waals surface area (Å²) in [5.74, 6) is 0.541. The number of hydrogen-bond acceptors (Lipinski definition) is 2. The minimum absolute atomic E-state index is 0.186. The first-order chi connectivity index (χ1) is 10.3. The predicted octanol–water partition coefficient (Wildman–Crippen LogP) is 2.61. The molecule has 22 heavy (non-hydrogen) atoms. The van der Waals surface area contributed by atoms with E-state index in [9.17, 15) is 4.79 Å². The van der Waals surface area contributed by atoms with Gasteiger partial charge in [0.05, 0.1) is 0 Å². The zero-order valence-electron chi connectivity index (χ0n) is 14.1. The van der Waals surface area contributed by atoms with Crippen LogP contribution in [0.2, 0.25) is 0 Å². The van der Waals surface area contributed by atoms with E-state index in [-0.39, 0.29) is 6.09 Å². The van der Waals surface area contributed by atoms with Gasteiger partial charge in [0.2, 0.25) is 0 Å². The molecule has 0 spiro atoms. The van der Waals surface area contributed by atoms with Gasteiger partial charge >= 0.3 is 6.09 Å². The molecule has 1 saturated heterocycles. The molecule has 1 amide bonds. The number of benzene rings is 1. The summed E-state index contributed by atoms with van der Waals surface area (Å²) >= 11 is 0. The van der Waals surface area contributed by atoms with Gasteiger partial charge < -0.3 is 9.64 Å². The highest BCUT2D eigenvalue weighted by molar-refractivity contribution is 6.32. The number of amides is 1. The van der Waals surface area contributed by atoms with E-state index in [1.807, 2.05) is 25.7 Å². The van der Waals surface area contributed by atoms with Crippen LogP contribution < -0.4 is 5.46 Å². The lowest BCUT2D eigenvalue weighted by molar-refractivity contribution is 0.0197. The van der Waals surface area contributed by atoms with E-state index in [0.717, 1.165) is 25.9 Å². The fourth-order valence-corrected chi connectivity index (χ4v) is 2.62. The van der Waals surface area contributed by atoms with Crippen LogP contribution in [0.5, 0.6) is 0 Å². The molecule has 0 aromatic heterocycles. The number of likely N-dealkylation sites (tertiary alicyclic amines) is 1. The molecule has 0 N–H and O–H groups in total. The predicted molar refractivity (Wildman–Crippen MR) is 94.2 cm³/mol. The number of hydrogen-bond donors (Lipinski definition) is 0. The van der Waals surface area contributed by atoms with Crippen LogP contribution in [-0.2, 0) is 4.74 Å². The zero-order chi connectivity index (χ0) is 16.2. The summed E-state index contributed by atoms with van der Waals surface area (Å²) in [6, 6.07) is 8.50. The van der Waals surface area contributed by atoms with Gasteiger partial charge in [0.1, 0.15) is 13.4 Å². The first-order valence-corrected chi connectivity index (χ1v) is 8.06. The fourth-order valence-electron chi connectivity index (χ4n) is 2.62. The molecule has 0 saturated carbocycles. The van der Waals surface area contributed by atoms with E-state index in [4.69, 9.17) is 4.74 Å². The molecular formula is C18H26BNO2. The Morgan fingerprint density at radius 3 is 2.59 bits per heavy atom. The third-order valence-corrected chi connectivity index (χ3v) is 3.79. The van der Waals surface area contributed by atoms with Crippen molar-refractivity contribution in [1.82, 2.24) is 4.90 Å². The molecular weight excluding hydrogens is 273 g/mol. The SMILES string of the molecule is Bc1cccc(/C=C/C2CCN(C(=O)OC(C)(C)C)CC2)c1. The van der Waals surface area contributed by atoms with Crippen LogP contribution in [0.15, 0.2) is 30.3 Å². The number of allylic oxidation sites excluding steroid dienone is 1. The molecule has 1 aliphatic rings. The van der Waals surface area contributed by atoms with E-state index in [1.165, 1.54) is 11.0 Å². The molecule has 3 nitrogen and oxygen atoms in total. The summed E-state index contributed by atoms with van der Waals surface area (Å²) in [6.07, 6.45) is 6.29. The number of carbonyl (C=O) groups excluding carboxylic acids is 1. The maximum absolute atomic E-state index is 12.0. The summed E-state index contributed by atoms with van der Waals surface area (Å²) < 4.78 is 5.42. The Balaban J connectivity index is 1.83. The van der Waals surface area contributed by atoms with Crippen LogP contribution in [0, 0.1) is 5.92 Å². The summed E-state index contributed by atoms with van der Waals surface area (Å²) in [5.41, 5.74) is 2.11. The molecule has 0 aliphatic carbocycles. The number of carbonyl (C=O) groups is 1. The van der Waals surface area contributed by atoms with E-state index < -0.39 is 5.60 Å². The number of ether oxygens (including phenoxy) is 1. The molecule has 2 rings (SSSR count). The van der Waals surface area contributed by atoms with Crippen molar-refractivity contribution in [1.29, 1.82) is 0 Å². The molecule has 1 aromatic rings. The minimum atomic E-state index is -0.418. The van der Waals surface area contributed by atoms with Crippen molar-refractivity contribution in [2.45, 2.75) is 39.2 Å². The van der Waals surface area contributed by atoms with Crippen molar-refractivity contribution in [3.63, 3.8) is 0 Å². The number of rotatable bonds is 2. The second-order valence-corrected chi connectivity index (χ2v) is 7.08. The smallest absolute Gasteiger partial charge is 0.410 e. The number of piperidine rings is 1. The second-order valence-electron chi connectivity index (χ2n) is 7.08. The summed E-state index contributed by atoms with van der Waals surface area (Å²) in [5, 5.41) is 0. The van der Waals surface area contributed by atoms with Gasteiger partial charge in [-0.2, -0.15) is 0 Å². The van der Waals surface area contributed by atoms with Crippen LogP contribution in [0.3, 0.4) is 0 Å². The molecule has 0 radical (unpaired) electrons. The molecule has 1 fully saturated rings. The van der Waals surface area contributed by atoms with Gasteiger partial charge in [-0.15, -0.1) is 0 Å². The van der Waals surface area contributed by atoms with Crippen LogP contribution in [0.1, 0.15) is 39.2 Å². The Labute approximate surface area is 134 Å². The van der Waals surface area contributed by atoms with Gasteiger partial charge in [0, 0.05) is 13.1 Å². The molecule has 118 valence electrons. The van der Waals surface area contributed by atoms with Crippen molar-refractivity contribution in [3.8, 4) is 0 Å². The molecule has 1 heterocycles. The molecule has 1 aromatic carbocycles. The monoisotopic (exact) mass is 299 g/mol. The van der Waals surface area contributed by atoms with Crippen LogP contribution in [-0.4, -0.2) is 37.5 Å². The third-order valence-electron chi connectivity index (χ3n) is 3.79. The Bertz CT molecular complexity index is 540. The topological polar surface area (TPSA) is 29.5 Å². The summed E-state index contributed by atoms with van der Waals surface area (Å²) in [7, 11) is 2.11. The van der Waals surface area contributed by atoms with Crippen molar-refractivity contribution in [2.75, 3.05) is 13.1 Å². The van der Waals surface area contributed by atoms with Crippen molar-refractivity contribution in [2.24, 2.45) is 5.92 Å². The second kappa shape index (κ2) is 7.04. The maximum Gasteiger partial charge on any atom is 0.410 e. The molecule has 0 bridgehead atoms. The highest BCUT2D eigenvalue weighted by Crippen LogP contribution is 2.21. The normalized spacial score (nSPS) is 17.0. The van der Waals surface area contributed by atoms with Gasteiger partial charge in [0.15, 0.2) is 0 Å². The van der Waals surface area contributed by atoms with E-state index in [2.05, 4.69) is 44.3 Å². The zero-order valence-corrected chi connectivity index (χ0v) is 14.1. The lowest BCUT2D eigenvalue weighted by atomic mass is 9.93. The molecule has 1 aliphatic heterocycles. The largest absolute Gasteiger partial charge is 0.444 e. The molecule has 0 atom stereocenters. The third kappa shape index (κ3) is 5.25. The average molecular weight is 299 g/mol. The Morgan fingerprint density at radius 2 is 2.00 bits per heavy atom. The van der Waals surface area contributed by atoms with Gasteiger partial charge in [-0.1, -0.05) is 41.9 Å². The van der Waals surface area contributed by atoms with Crippen LogP contribution >= 0.6 is 0 Å². The van der Waals surface area contributed by atoms with Crippen LogP contribution in [0.4, 0.5) is 4.79 Å². The lowest BCUT2D eigenvalue weighted by Crippen LogP contribution is -2.41. The first-order valence-electron chi connectivity index (χ1n) is 8.06. The highest BCUT2D eigenvalue weighted by atomic mass is 16.6. The maximum atomic E-state index is 12.0. The lowest BCUT2D eigenvalue weighted by Gasteiger charge is -2.32. The molecule has 0 unspecified atom stereocenters. The van der Waals surface area contributed by atoms with Gasteiger partial charge in [-0.05, 0) is 45.1 Å². The first kappa shape index (κ1) is 16.7. The minimum Gasteiger partial charge on any atom is -0.444 e. The van der Waals surface area contributed by atoms with Gasteiger partial charge in [0.25, 0.3) is 0 Å². The van der Waals surface area contributed by atoms with Gasteiger partial charge in [-0.25, -0.2) is 4.79 Å². The summed E-state index contributed by atoms with van der Waals surface area (Å²) in [6.45, 7) is 7.27. The van der Waals surface area contributed by atoms with E-state index in [0.29, 0.717) is 5.92 Å². The summed E-state index contributed by atoms with van der Waals surface area (Å²) in [4.78, 5) is 13.8.